The van der Waals surface area contributed by atoms with Crippen molar-refractivity contribution < 1.29 is 14.5 Å². The minimum absolute atomic E-state index is 0.00767. The van der Waals surface area contributed by atoms with Crippen LogP contribution in [0.1, 0.15) is 30.9 Å². The zero-order chi connectivity index (χ0) is 17.6. The molecule has 0 N–H and O–H groups in total. The molecule has 1 atom stereocenters. The molecule has 25 heavy (non-hydrogen) atoms. The number of carbonyl (C=O) groups excluding carboxylic acids is 1. The van der Waals surface area contributed by atoms with E-state index in [0.29, 0.717) is 18.7 Å². The normalized spacial score (nSPS) is 15.4. The Morgan fingerprint density at radius 3 is 2.52 bits per heavy atom. The van der Waals surface area contributed by atoms with Crippen LogP contribution in [-0.2, 0) is 4.79 Å². The highest BCUT2D eigenvalue weighted by molar-refractivity contribution is 5.83. The first-order valence-electron chi connectivity index (χ1n) is 8.26. The summed E-state index contributed by atoms with van der Waals surface area (Å²) in [6.07, 6.45) is 3.42. The molecule has 0 spiro atoms. The van der Waals surface area contributed by atoms with Gasteiger partial charge in [-0.3, -0.25) is 4.79 Å². The molecule has 2 aromatic rings. The Bertz CT molecular complexity index is 745. The molecule has 130 valence electrons. The van der Waals surface area contributed by atoms with Crippen molar-refractivity contribution in [3.8, 4) is 5.75 Å². The van der Waals surface area contributed by atoms with Gasteiger partial charge in [0.1, 0.15) is 6.20 Å². The molecule has 1 aliphatic heterocycles. The number of pyridine rings is 1. The van der Waals surface area contributed by atoms with Gasteiger partial charge in [-0.15, -0.1) is 0 Å². The molecule has 1 fully saturated rings. The van der Waals surface area contributed by atoms with Crippen molar-refractivity contribution in [3.63, 3.8) is 0 Å². The van der Waals surface area contributed by atoms with Crippen LogP contribution in [0.4, 0.5) is 5.82 Å². The predicted octanol–water partition coefficient (Wildman–Crippen LogP) is 3.12. The van der Waals surface area contributed by atoms with Gasteiger partial charge in [0.25, 0.3) is 5.91 Å². The lowest BCUT2D eigenvalue weighted by Gasteiger charge is -2.30. The lowest BCUT2D eigenvalue weighted by atomic mass is 10.1. The number of hydrogen-bond donors (Lipinski definition) is 0. The lowest BCUT2D eigenvalue weighted by Crippen LogP contribution is -2.40. The fraction of sp³-hybridized carbons (Fsp3) is 0.333. The number of nitrogens with zero attached hydrogens (tertiary/aromatic N) is 3. The van der Waals surface area contributed by atoms with Crippen LogP contribution in [0.3, 0.4) is 0 Å². The Balaban J connectivity index is 1.92. The van der Waals surface area contributed by atoms with E-state index in [1.165, 1.54) is 12.3 Å². The van der Waals surface area contributed by atoms with Crippen molar-refractivity contribution in [3.05, 3.63) is 64.3 Å². The van der Waals surface area contributed by atoms with Gasteiger partial charge in [0.2, 0.25) is 11.9 Å². The summed E-state index contributed by atoms with van der Waals surface area (Å²) in [6.45, 7) is 1.36. The number of ether oxygens (including phenoxy) is 1. The number of hydrogen-bond acceptors (Lipinski definition) is 5. The smallest absolute Gasteiger partial charge is 0.406 e. The van der Waals surface area contributed by atoms with Crippen molar-refractivity contribution in [1.29, 1.82) is 0 Å². The van der Waals surface area contributed by atoms with Crippen LogP contribution >= 0.6 is 0 Å². The van der Waals surface area contributed by atoms with Gasteiger partial charge in [0, 0.05) is 18.7 Å². The third-order valence-corrected chi connectivity index (χ3v) is 4.16. The van der Waals surface area contributed by atoms with E-state index in [4.69, 9.17) is 4.74 Å². The number of likely N-dealkylation sites (tertiary alicyclic amines) is 1. The van der Waals surface area contributed by atoms with Crippen LogP contribution in [0.5, 0.6) is 5.75 Å². The van der Waals surface area contributed by atoms with Crippen LogP contribution in [0, 0.1) is 10.1 Å². The van der Waals surface area contributed by atoms with Crippen LogP contribution in [-0.4, -0.2) is 33.8 Å². The van der Waals surface area contributed by atoms with Crippen LogP contribution in [0.25, 0.3) is 0 Å². The van der Waals surface area contributed by atoms with Crippen molar-refractivity contribution >= 4 is 11.7 Å². The third kappa shape index (κ3) is 3.93. The molecule has 7 nitrogen and oxygen atoms in total. The average Bonchev–Trinajstić information content (AvgIpc) is 2.67. The Hall–Kier alpha value is -2.96. The van der Waals surface area contributed by atoms with Gasteiger partial charge in [-0.1, -0.05) is 30.3 Å². The molecule has 2 heterocycles. The molecule has 1 aromatic carbocycles. The monoisotopic (exact) mass is 341 g/mol. The number of benzene rings is 1. The van der Waals surface area contributed by atoms with Gasteiger partial charge in [-0.05, 0) is 41.3 Å². The highest BCUT2D eigenvalue weighted by Gasteiger charge is 2.31. The van der Waals surface area contributed by atoms with Crippen molar-refractivity contribution in [1.82, 2.24) is 9.88 Å². The highest BCUT2D eigenvalue weighted by atomic mass is 16.6. The summed E-state index contributed by atoms with van der Waals surface area (Å²) in [5, 5.41) is 11.2. The summed E-state index contributed by atoms with van der Waals surface area (Å²) in [4.78, 5) is 29.1. The Labute approximate surface area is 145 Å². The lowest BCUT2D eigenvalue weighted by molar-refractivity contribution is -0.390. The second-order valence-electron chi connectivity index (χ2n) is 5.88. The standard InChI is InChI=1S/C18H19N3O4/c22-18(20-12-5-2-6-13-20)16(14-8-3-1-4-9-14)25-15-10-7-11-19-17(15)21(23)24/h1,3-4,7-11,16H,2,5-6,12-13H2/t16-/m0/s1. The summed E-state index contributed by atoms with van der Waals surface area (Å²) in [6, 6.07) is 12.1. The summed E-state index contributed by atoms with van der Waals surface area (Å²) in [5.41, 5.74) is 0.663. The molecule has 1 saturated heterocycles. The third-order valence-electron chi connectivity index (χ3n) is 4.16. The molecular formula is C18H19N3O4. The summed E-state index contributed by atoms with van der Waals surface area (Å²) in [5.74, 6) is -0.578. The second-order valence-corrected chi connectivity index (χ2v) is 5.88. The maximum Gasteiger partial charge on any atom is 0.406 e. The number of nitro groups is 1. The summed E-state index contributed by atoms with van der Waals surface area (Å²) >= 11 is 0. The molecule has 0 aliphatic carbocycles. The molecule has 1 amide bonds. The number of carbonyl (C=O) groups is 1. The Kier molecular flexibility index (Phi) is 5.23. The Morgan fingerprint density at radius 2 is 1.84 bits per heavy atom. The van der Waals surface area contributed by atoms with Crippen molar-refractivity contribution in [2.24, 2.45) is 0 Å². The second kappa shape index (κ2) is 7.74. The maximum absolute atomic E-state index is 13.0. The Morgan fingerprint density at radius 1 is 1.12 bits per heavy atom. The molecule has 0 radical (unpaired) electrons. The molecule has 0 saturated carbocycles. The van der Waals surface area contributed by atoms with E-state index < -0.39 is 16.8 Å². The van der Waals surface area contributed by atoms with Crippen molar-refractivity contribution in [2.45, 2.75) is 25.4 Å². The van der Waals surface area contributed by atoms with E-state index in [1.54, 1.807) is 23.1 Å². The van der Waals surface area contributed by atoms with E-state index >= 15 is 0 Å². The average molecular weight is 341 g/mol. The number of aromatic nitrogens is 1. The molecule has 0 bridgehead atoms. The molecule has 1 aliphatic rings. The van der Waals surface area contributed by atoms with Crippen LogP contribution in [0.2, 0.25) is 0 Å². The van der Waals surface area contributed by atoms with Gasteiger partial charge >= 0.3 is 5.82 Å². The van der Waals surface area contributed by atoms with E-state index in [9.17, 15) is 14.9 Å². The van der Waals surface area contributed by atoms with Gasteiger partial charge in [0.15, 0.2) is 0 Å². The molecule has 1 aromatic heterocycles. The first kappa shape index (κ1) is 16.9. The first-order chi connectivity index (χ1) is 12.2. The van der Waals surface area contributed by atoms with Crippen LogP contribution < -0.4 is 4.74 Å². The van der Waals surface area contributed by atoms with E-state index in [-0.39, 0.29) is 11.7 Å². The highest BCUT2D eigenvalue weighted by Crippen LogP contribution is 2.30. The van der Waals surface area contributed by atoms with E-state index in [1.807, 2.05) is 18.2 Å². The van der Waals surface area contributed by atoms with E-state index in [0.717, 1.165) is 19.3 Å². The zero-order valence-electron chi connectivity index (χ0n) is 13.7. The number of piperidine rings is 1. The minimum Gasteiger partial charge on any atom is -0.467 e. The SMILES string of the molecule is O=C([C@@H](Oc1cccnc1[N+](=O)[O-])c1ccccc1)N1CCCCC1. The number of amides is 1. The summed E-state index contributed by atoms with van der Waals surface area (Å²) < 4.78 is 5.81. The van der Waals surface area contributed by atoms with Crippen molar-refractivity contribution in [2.75, 3.05) is 13.1 Å². The molecule has 7 heteroatoms. The minimum atomic E-state index is -0.929. The molecular weight excluding hydrogens is 322 g/mol. The molecule has 0 unspecified atom stereocenters. The van der Waals surface area contributed by atoms with E-state index in [2.05, 4.69) is 4.98 Å². The zero-order valence-corrected chi connectivity index (χ0v) is 13.7. The van der Waals surface area contributed by atoms with Crippen LogP contribution in [0.15, 0.2) is 48.7 Å². The summed E-state index contributed by atoms with van der Waals surface area (Å²) in [7, 11) is 0. The fourth-order valence-electron chi connectivity index (χ4n) is 2.91. The molecule has 3 rings (SSSR count). The number of rotatable bonds is 5. The van der Waals surface area contributed by atoms with Gasteiger partial charge in [-0.2, -0.15) is 0 Å². The predicted molar refractivity (Wildman–Crippen MR) is 91.1 cm³/mol. The van der Waals surface area contributed by atoms with Gasteiger partial charge in [0.05, 0.1) is 0 Å². The first-order valence-corrected chi connectivity index (χ1v) is 8.26. The fourth-order valence-corrected chi connectivity index (χ4v) is 2.91. The van der Waals surface area contributed by atoms with Gasteiger partial charge < -0.3 is 19.8 Å². The quantitative estimate of drug-likeness (QED) is 0.616. The maximum atomic E-state index is 13.0. The topological polar surface area (TPSA) is 85.6 Å². The van der Waals surface area contributed by atoms with Gasteiger partial charge in [-0.25, -0.2) is 0 Å². The largest absolute Gasteiger partial charge is 0.467 e.